The van der Waals surface area contributed by atoms with Crippen LogP contribution in [-0.4, -0.2) is 12.6 Å². The highest BCUT2D eigenvalue weighted by Crippen LogP contribution is 2.35. The Balaban J connectivity index is 1.85. The van der Waals surface area contributed by atoms with Crippen LogP contribution in [-0.2, 0) is 0 Å². The first-order chi connectivity index (χ1) is 8.69. The fourth-order valence-corrected chi connectivity index (χ4v) is 2.35. The molecule has 0 aliphatic heterocycles. The second-order valence-corrected chi connectivity index (χ2v) is 5.29. The third kappa shape index (κ3) is 3.16. The van der Waals surface area contributed by atoms with Crippen molar-refractivity contribution >= 4 is 5.69 Å². The smallest absolute Gasteiger partial charge is 0.174 e. The summed E-state index contributed by atoms with van der Waals surface area (Å²) in [5.74, 6) is 2.40. The molecule has 0 radical (unpaired) electrons. The van der Waals surface area contributed by atoms with E-state index in [9.17, 15) is 0 Å². The largest absolute Gasteiger partial charge is 0.479 e. The molecular formula is C15H20N2O. The minimum atomic E-state index is 0.0995. The minimum absolute atomic E-state index is 0.0995. The maximum absolute atomic E-state index is 8.48. The van der Waals surface area contributed by atoms with E-state index in [1.807, 2.05) is 30.3 Å². The van der Waals surface area contributed by atoms with Crippen molar-refractivity contribution in [1.29, 1.82) is 5.26 Å². The van der Waals surface area contributed by atoms with E-state index in [-0.39, 0.29) is 6.61 Å². The summed E-state index contributed by atoms with van der Waals surface area (Å²) >= 11 is 0. The van der Waals surface area contributed by atoms with E-state index in [0.717, 1.165) is 23.3 Å². The molecule has 1 N–H and O–H groups in total. The summed E-state index contributed by atoms with van der Waals surface area (Å²) in [5.41, 5.74) is 1.08. The topological polar surface area (TPSA) is 45.0 Å². The molecule has 0 unspecified atom stereocenters. The summed E-state index contributed by atoms with van der Waals surface area (Å²) in [6.45, 7) is 4.68. The second kappa shape index (κ2) is 5.77. The monoisotopic (exact) mass is 244 g/mol. The quantitative estimate of drug-likeness (QED) is 0.863. The Kier molecular flexibility index (Phi) is 4.09. The van der Waals surface area contributed by atoms with Gasteiger partial charge in [-0.1, -0.05) is 19.9 Å². The first kappa shape index (κ1) is 12.8. The molecule has 0 heterocycles. The first-order valence-electron chi connectivity index (χ1n) is 6.55. The molecule has 1 aliphatic carbocycles. The minimum Gasteiger partial charge on any atom is -0.479 e. The van der Waals surface area contributed by atoms with Gasteiger partial charge in [-0.15, -0.1) is 0 Å². The highest BCUT2D eigenvalue weighted by atomic mass is 16.5. The van der Waals surface area contributed by atoms with Crippen LogP contribution in [0.1, 0.15) is 26.7 Å². The van der Waals surface area contributed by atoms with E-state index in [2.05, 4.69) is 19.2 Å². The third-order valence-electron chi connectivity index (χ3n) is 3.63. The van der Waals surface area contributed by atoms with Gasteiger partial charge in [0.15, 0.2) is 6.61 Å². The van der Waals surface area contributed by atoms with Crippen molar-refractivity contribution in [2.45, 2.75) is 32.7 Å². The highest BCUT2D eigenvalue weighted by Gasteiger charge is 2.30. The molecule has 0 saturated heterocycles. The normalized spacial score (nSPS) is 22.1. The van der Waals surface area contributed by atoms with Crippen LogP contribution in [0, 0.1) is 23.2 Å². The SMILES string of the molecule is CC(C)C1CC(Nc2cccc(OCC#N)c2)C1. The van der Waals surface area contributed by atoms with Crippen LogP contribution in [0.4, 0.5) is 5.69 Å². The van der Waals surface area contributed by atoms with Gasteiger partial charge in [-0.2, -0.15) is 5.26 Å². The number of anilines is 1. The summed E-state index contributed by atoms with van der Waals surface area (Å²) < 4.78 is 5.29. The van der Waals surface area contributed by atoms with E-state index in [0.29, 0.717) is 6.04 Å². The molecule has 1 aromatic carbocycles. The molecule has 0 amide bonds. The van der Waals surface area contributed by atoms with Crippen LogP contribution < -0.4 is 10.1 Å². The van der Waals surface area contributed by atoms with Gasteiger partial charge in [0.2, 0.25) is 0 Å². The van der Waals surface area contributed by atoms with Crippen molar-refractivity contribution in [2.75, 3.05) is 11.9 Å². The average molecular weight is 244 g/mol. The van der Waals surface area contributed by atoms with Gasteiger partial charge < -0.3 is 10.1 Å². The zero-order chi connectivity index (χ0) is 13.0. The van der Waals surface area contributed by atoms with E-state index >= 15 is 0 Å². The van der Waals surface area contributed by atoms with Crippen molar-refractivity contribution in [1.82, 2.24) is 0 Å². The molecule has 18 heavy (non-hydrogen) atoms. The van der Waals surface area contributed by atoms with E-state index < -0.39 is 0 Å². The molecule has 96 valence electrons. The maximum Gasteiger partial charge on any atom is 0.174 e. The molecule has 1 fully saturated rings. The lowest BCUT2D eigenvalue weighted by Gasteiger charge is -2.39. The Bertz CT molecular complexity index is 430. The Morgan fingerprint density at radius 1 is 1.44 bits per heavy atom. The number of ether oxygens (including phenoxy) is 1. The lowest BCUT2D eigenvalue weighted by molar-refractivity contribution is 0.212. The molecule has 1 aromatic rings. The van der Waals surface area contributed by atoms with Gasteiger partial charge in [0.25, 0.3) is 0 Å². The number of hydrogen-bond acceptors (Lipinski definition) is 3. The van der Waals surface area contributed by atoms with Crippen LogP contribution >= 0.6 is 0 Å². The lowest BCUT2D eigenvalue weighted by Crippen LogP contribution is -2.37. The van der Waals surface area contributed by atoms with Crippen molar-refractivity contribution in [3.8, 4) is 11.8 Å². The van der Waals surface area contributed by atoms with Crippen LogP contribution in [0.2, 0.25) is 0 Å². The van der Waals surface area contributed by atoms with Crippen molar-refractivity contribution in [2.24, 2.45) is 11.8 Å². The number of nitriles is 1. The van der Waals surface area contributed by atoms with E-state index in [1.165, 1.54) is 12.8 Å². The zero-order valence-electron chi connectivity index (χ0n) is 11.0. The van der Waals surface area contributed by atoms with E-state index in [1.54, 1.807) is 0 Å². The van der Waals surface area contributed by atoms with E-state index in [4.69, 9.17) is 10.00 Å². The number of nitrogens with one attached hydrogen (secondary N) is 1. The number of hydrogen-bond donors (Lipinski definition) is 1. The van der Waals surface area contributed by atoms with Gasteiger partial charge in [-0.25, -0.2) is 0 Å². The van der Waals surface area contributed by atoms with Crippen molar-refractivity contribution in [3.63, 3.8) is 0 Å². The summed E-state index contributed by atoms with van der Waals surface area (Å²) in [4.78, 5) is 0. The number of nitrogens with zero attached hydrogens (tertiary/aromatic N) is 1. The van der Waals surface area contributed by atoms with Gasteiger partial charge in [0, 0.05) is 17.8 Å². The molecule has 0 bridgehead atoms. The maximum atomic E-state index is 8.48. The van der Waals surface area contributed by atoms with Gasteiger partial charge >= 0.3 is 0 Å². The molecule has 2 rings (SSSR count). The standard InChI is InChI=1S/C15H20N2O/c1-11(2)12-8-14(9-12)17-13-4-3-5-15(10-13)18-7-6-16/h3-5,10-12,14,17H,7-9H2,1-2H3. The van der Waals surface area contributed by atoms with Crippen molar-refractivity contribution in [3.05, 3.63) is 24.3 Å². The predicted molar refractivity (Wildman–Crippen MR) is 72.5 cm³/mol. The molecule has 3 heteroatoms. The summed E-state index contributed by atoms with van der Waals surface area (Å²) in [6.07, 6.45) is 2.50. The molecule has 3 nitrogen and oxygen atoms in total. The van der Waals surface area contributed by atoms with Gasteiger partial charge in [-0.3, -0.25) is 0 Å². The Morgan fingerprint density at radius 2 is 2.22 bits per heavy atom. The predicted octanol–water partition coefficient (Wildman–Crippen LogP) is 3.44. The molecular weight excluding hydrogens is 224 g/mol. The summed E-state index contributed by atoms with van der Waals surface area (Å²) in [5, 5.41) is 12.0. The lowest BCUT2D eigenvalue weighted by atomic mass is 9.73. The second-order valence-electron chi connectivity index (χ2n) is 5.29. The van der Waals surface area contributed by atoms with Crippen molar-refractivity contribution < 1.29 is 4.74 Å². The highest BCUT2D eigenvalue weighted by molar-refractivity contribution is 5.49. The van der Waals surface area contributed by atoms with Crippen LogP contribution in [0.3, 0.4) is 0 Å². The Hall–Kier alpha value is -1.69. The Morgan fingerprint density at radius 3 is 2.89 bits per heavy atom. The summed E-state index contributed by atoms with van der Waals surface area (Å²) in [6, 6.07) is 10.4. The Labute approximate surface area is 109 Å². The molecule has 1 saturated carbocycles. The fourth-order valence-electron chi connectivity index (χ4n) is 2.35. The third-order valence-corrected chi connectivity index (χ3v) is 3.63. The zero-order valence-corrected chi connectivity index (χ0v) is 11.0. The summed E-state index contributed by atoms with van der Waals surface area (Å²) in [7, 11) is 0. The molecule has 0 atom stereocenters. The number of rotatable bonds is 5. The van der Waals surface area contributed by atoms with Crippen LogP contribution in [0.15, 0.2) is 24.3 Å². The number of benzene rings is 1. The van der Waals surface area contributed by atoms with Gasteiger partial charge in [-0.05, 0) is 36.8 Å². The molecule has 0 aromatic heterocycles. The molecule has 0 spiro atoms. The van der Waals surface area contributed by atoms with Gasteiger partial charge in [0.1, 0.15) is 11.8 Å². The average Bonchev–Trinajstić information content (AvgIpc) is 2.30. The van der Waals surface area contributed by atoms with Crippen LogP contribution in [0.25, 0.3) is 0 Å². The van der Waals surface area contributed by atoms with Crippen LogP contribution in [0.5, 0.6) is 5.75 Å². The fraction of sp³-hybridized carbons (Fsp3) is 0.533. The molecule has 1 aliphatic rings. The first-order valence-corrected chi connectivity index (χ1v) is 6.55. The van der Waals surface area contributed by atoms with Gasteiger partial charge in [0.05, 0.1) is 0 Å².